The first-order valence-corrected chi connectivity index (χ1v) is 9.65. The molecule has 0 aliphatic carbocycles. The summed E-state index contributed by atoms with van der Waals surface area (Å²) >= 11 is 12.5. The Morgan fingerprint density at radius 1 is 1.30 bits per heavy atom. The van der Waals surface area contributed by atoms with Gasteiger partial charge in [0, 0.05) is 25.2 Å². The first-order valence-electron chi connectivity index (χ1n) is 8.89. The van der Waals surface area contributed by atoms with Gasteiger partial charge in [0.15, 0.2) is 0 Å². The van der Waals surface area contributed by atoms with Crippen molar-refractivity contribution in [2.45, 2.75) is 12.6 Å². The smallest absolute Gasteiger partial charge is 0.277 e. The van der Waals surface area contributed by atoms with Gasteiger partial charge in [-0.05, 0) is 37.4 Å². The van der Waals surface area contributed by atoms with Crippen LogP contribution in [0.4, 0.5) is 5.69 Å². The minimum atomic E-state index is -1.17. The summed E-state index contributed by atoms with van der Waals surface area (Å²) in [5, 5.41) is 9.24. The monoisotopic (exact) mass is 446 g/mol. The fourth-order valence-electron chi connectivity index (χ4n) is 3.26. The third kappa shape index (κ3) is 3.71. The van der Waals surface area contributed by atoms with Gasteiger partial charge in [0.1, 0.15) is 28.7 Å². The Kier molecular flexibility index (Phi) is 6.00. The number of halogens is 2. The molecule has 0 fully saturated rings. The number of aliphatic imine (C=N–C) groups is 2. The lowest BCUT2D eigenvalue weighted by atomic mass is 10.0. The molecule has 10 heteroatoms. The molecule has 30 heavy (non-hydrogen) atoms. The first-order chi connectivity index (χ1) is 14.2. The summed E-state index contributed by atoms with van der Waals surface area (Å²) < 4.78 is 1.33. The van der Waals surface area contributed by atoms with Crippen LogP contribution in [-0.2, 0) is 5.66 Å². The van der Waals surface area contributed by atoms with E-state index in [2.05, 4.69) is 32.7 Å². The number of nitrogens with zero attached hydrogens (tertiary/aromatic N) is 3. The van der Waals surface area contributed by atoms with Crippen molar-refractivity contribution in [2.24, 2.45) is 9.98 Å². The standard InChI is InChI=1S/C20H20Cl2N6O2/c1-20(11-6-5-7-12(21)8-11)27-18(29)17-13(22)9-14(19(30)28(17)20)26-16(25-4)10-15(23-2)24-3/h5-10,24H,2H2,1,3-4H3,(H,25,26)(H,27,29)/b15-10+. The van der Waals surface area contributed by atoms with Crippen molar-refractivity contribution in [1.82, 2.24) is 15.2 Å². The van der Waals surface area contributed by atoms with Crippen LogP contribution < -0.4 is 21.5 Å². The van der Waals surface area contributed by atoms with Gasteiger partial charge >= 0.3 is 0 Å². The highest BCUT2D eigenvalue weighted by Gasteiger charge is 2.43. The van der Waals surface area contributed by atoms with E-state index in [9.17, 15) is 9.59 Å². The van der Waals surface area contributed by atoms with Gasteiger partial charge in [0.25, 0.3) is 11.5 Å². The Morgan fingerprint density at radius 2 is 2.03 bits per heavy atom. The SMILES string of the molecule is C=N/C(=C\C(=N/C)Nc1cc(Cl)c2n(c1=O)C(C)(c1cccc(Cl)c1)NC2=O)NC. The first kappa shape index (κ1) is 21.6. The number of carbonyl (C=O) groups is 1. The van der Waals surface area contributed by atoms with Crippen molar-refractivity contribution in [1.29, 1.82) is 0 Å². The molecular weight excluding hydrogens is 427 g/mol. The summed E-state index contributed by atoms with van der Waals surface area (Å²) in [6.07, 6.45) is 1.58. The van der Waals surface area contributed by atoms with E-state index in [1.54, 1.807) is 51.4 Å². The van der Waals surface area contributed by atoms with Crippen molar-refractivity contribution in [3.8, 4) is 0 Å². The predicted molar refractivity (Wildman–Crippen MR) is 121 cm³/mol. The van der Waals surface area contributed by atoms with E-state index in [0.29, 0.717) is 22.2 Å². The highest BCUT2D eigenvalue weighted by atomic mass is 35.5. The number of rotatable bonds is 5. The van der Waals surface area contributed by atoms with Gasteiger partial charge in [-0.1, -0.05) is 35.3 Å². The Balaban J connectivity index is 2.17. The fourth-order valence-corrected chi connectivity index (χ4v) is 3.73. The number of fused-ring (bicyclic) bond motifs is 1. The maximum Gasteiger partial charge on any atom is 0.277 e. The molecule has 8 nitrogen and oxygen atoms in total. The molecule has 2 heterocycles. The number of anilines is 1. The van der Waals surface area contributed by atoms with Crippen LogP contribution in [0.3, 0.4) is 0 Å². The molecule has 0 bridgehead atoms. The molecule has 3 rings (SSSR count). The number of amides is 1. The number of carbonyl (C=O) groups excluding carboxylic acids is 1. The molecular formula is C20H20Cl2N6O2. The number of hydrogen-bond acceptors (Lipinski definition) is 5. The predicted octanol–water partition coefficient (Wildman–Crippen LogP) is 2.82. The lowest BCUT2D eigenvalue weighted by Gasteiger charge is -2.28. The van der Waals surface area contributed by atoms with Gasteiger partial charge in [-0.25, -0.2) is 4.99 Å². The van der Waals surface area contributed by atoms with Crippen LogP contribution in [0.15, 0.2) is 57.0 Å². The van der Waals surface area contributed by atoms with E-state index in [4.69, 9.17) is 23.2 Å². The van der Waals surface area contributed by atoms with Crippen molar-refractivity contribution in [3.63, 3.8) is 0 Å². The Bertz CT molecular complexity index is 1150. The van der Waals surface area contributed by atoms with Crippen molar-refractivity contribution in [2.75, 3.05) is 19.4 Å². The topological polar surface area (TPSA) is 99.9 Å². The molecule has 2 aromatic rings. The van der Waals surface area contributed by atoms with Gasteiger partial charge in [-0.3, -0.25) is 19.1 Å². The van der Waals surface area contributed by atoms with Crippen molar-refractivity contribution in [3.05, 3.63) is 73.9 Å². The van der Waals surface area contributed by atoms with E-state index < -0.39 is 17.1 Å². The van der Waals surface area contributed by atoms with Gasteiger partial charge in [0.2, 0.25) is 0 Å². The zero-order chi connectivity index (χ0) is 22.1. The Hall–Kier alpha value is -3.10. The van der Waals surface area contributed by atoms with E-state index in [1.807, 2.05) is 0 Å². The maximum absolute atomic E-state index is 13.4. The minimum absolute atomic E-state index is 0.0730. The molecule has 0 spiro atoms. The van der Waals surface area contributed by atoms with E-state index in [-0.39, 0.29) is 16.4 Å². The highest BCUT2D eigenvalue weighted by Crippen LogP contribution is 2.33. The second-order valence-corrected chi connectivity index (χ2v) is 7.45. The molecule has 156 valence electrons. The summed E-state index contributed by atoms with van der Waals surface area (Å²) in [6, 6.07) is 8.32. The second kappa shape index (κ2) is 8.33. The minimum Gasteiger partial charge on any atom is -0.373 e. The molecule has 1 aliphatic rings. The summed E-state index contributed by atoms with van der Waals surface area (Å²) in [5.41, 5.74) is -0.778. The average molecular weight is 447 g/mol. The molecule has 1 aromatic carbocycles. The van der Waals surface area contributed by atoms with Gasteiger partial charge in [-0.2, -0.15) is 0 Å². The third-order valence-electron chi connectivity index (χ3n) is 4.76. The number of nitrogens with one attached hydrogen (secondary N) is 3. The zero-order valence-electron chi connectivity index (χ0n) is 16.6. The summed E-state index contributed by atoms with van der Waals surface area (Å²) in [7, 11) is 3.24. The van der Waals surface area contributed by atoms with Crippen LogP contribution in [-0.4, -0.2) is 37.1 Å². The lowest BCUT2D eigenvalue weighted by Crippen LogP contribution is -2.46. The lowest BCUT2D eigenvalue weighted by molar-refractivity contribution is 0.0941. The molecule has 3 N–H and O–H groups in total. The number of benzene rings is 1. The van der Waals surface area contributed by atoms with Crippen LogP contribution in [0.1, 0.15) is 23.0 Å². The van der Waals surface area contributed by atoms with Crippen LogP contribution in [0.2, 0.25) is 10.0 Å². The van der Waals surface area contributed by atoms with Crippen LogP contribution in [0.5, 0.6) is 0 Å². The number of hydrogen-bond donors (Lipinski definition) is 3. The number of aromatic nitrogens is 1. The molecule has 1 aliphatic heterocycles. The average Bonchev–Trinajstić information content (AvgIpc) is 3.01. The fraction of sp³-hybridized carbons (Fsp3) is 0.200. The quantitative estimate of drug-likeness (QED) is 0.485. The molecule has 0 radical (unpaired) electrons. The molecule has 0 saturated heterocycles. The van der Waals surface area contributed by atoms with E-state index in [1.165, 1.54) is 10.6 Å². The molecule has 1 amide bonds. The normalized spacial score (nSPS) is 18.6. The summed E-state index contributed by atoms with van der Waals surface area (Å²) in [4.78, 5) is 34.0. The maximum atomic E-state index is 13.4. The molecule has 0 saturated carbocycles. The molecule has 1 atom stereocenters. The van der Waals surface area contributed by atoms with E-state index in [0.717, 1.165) is 0 Å². The van der Waals surface area contributed by atoms with Crippen LogP contribution in [0, 0.1) is 0 Å². The van der Waals surface area contributed by atoms with Gasteiger partial charge in [-0.15, -0.1) is 0 Å². The van der Waals surface area contributed by atoms with Gasteiger partial charge < -0.3 is 16.0 Å². The second-order valence-electron chi connectivity index (χ2n) is 6.60. The number of pyridine rings is 1. The van der Waals surface area contributed by atoms with Crippen molar-refractivity contribution >= 4 is 47.3 Å². The van der Waals surface area contributed by atoms with Crippen LogP contribution >= 0.6 is 23.2 Å². The van der Waals surface area contributed by atoms with Crippen LogP contribution in [0.25, 0.3) is 0 Å². The molecule has 1 aromatic heterocycles. The largest absolute Gasteiger partial charge is 0.373 e. The highest BCUT2D eigenvalue weighted by molar-refractivity contribution is 6.34. The summed E-state index contributed by atoms with van der Waals surface area (Å²) in [5.74, 6) is 0.349. The number of amidine groups is 1. The Morgan fingerprint density at radius 3 is 2.63 bits per heavy atom. The van der Waals surface area contributed by atoms with Crippen molar-refractivity contribution < 1.29 is 4.79 Å². The third-order valence-corrected chi connectivity index (χ3v) is 5.29. The van der Waals surface area contributed by atoms with E-state index >= 15 is 0 Å². The molecule has 1 unspecified atom stereocenters. The van der Waals surface area contributed by atoms with Gasteiger partial charge in [0.05, 0.1) is 5.02 Å². The summed E-state index contributed by atoms with van der Waals surface area (Å²) in [6.45, 7) is 5.18. The zero-order valence-corrected chi connectivity index (χ0v) is 18.1. The Labute approximate surface area is 183 Å².